The number of hydrogen-bond donors (Lipinski definition) is 4. The maximum atomic E-state index is 12.4. The zero-order chi connectivity index (χ0) is 19.2. The lowest BCUT2D eigenvalue weighted by atomic mass is 10.1. The van der Waals surface area contributed by atoms with Crippen molar-refractivity contribution in [3.8, 4) is 0 Å². The minimum atomic E-state index is -1.82. The summed E-state index contributed by atoms with van der Waals surface area (Å²) in [5, 5.41) is 5.54. The number of halogens is 3. The van der Waals surface area contributed by atoms with Gasteiger partial charge in [0.15, 0.2) is 5.11 Å². The molecule has 0 aromatic heterocycles. The first kappa shape index (κ1) is 20.6. The van der Waals surface area contributed by atoms with Crippen LogP contribution in [0.1, 0.15) is 15.9 Å². The summed E-state index contributed by atoms with van der Waals surface area (Å²) in [5.74, 6) is -0.396. The lowest BCUT2D eigenvalue weighted by Gasteiger charge is -2.28. The molecule has 2 aromatic carbocycles. The van der Waals surface area contributed by atoms with Crippen molar-refractivity contribution in [2.75, 3.05) is 5.43 Å². The van der Waals surface area contributed by atoms with E-state index in [1.54, 1.807) is 12.1 Å². The number of aryl methyl sites for hydroxylation is 1. The highest BCUT2D eigenvalue weighted by Crippen LogP contribution is 2.29. The van der Waals surface area contributed by atoms with Crippen LogP contribution in [0.25, 0.3) is 0 Å². The molecular formula is C17H17Cl3N4OS. The fourth-order valence-electron chi connectivity index (χ4n) is 1.94. The van der Waals surface area contributed by atoms with Crippen LogP contribution in [-0.2, 0) is 0 Å². The molecule has 0 aliphatic carbocycles. The number of amides is 1. The van der Waals surface area contributed by atoms with Gasteiger partial charge < -0.3 is 10.6 Å². The van der Waals surface area contributed by atoms with Crippen LogP contribution in [0.4, 0.5) is 5.69 Å². The zero-order valence-corrected chi connectivity index (χ0v) is 16.8. The third-order valence-corrected chi connectivity index (χ3v) is 4.16. The van der Waals surface area contributed by atoms with E-state index >= 15 is 0 Å². The SMILES string of the molecule is Cc1ccc(C(=O)N[C@@H](NC(=S)NNc2ccccc2)C(Cl)(Cl)Cl)cc1. The van der Waals surface area contributed by atoms with Gasteiger partial charge in [0.05, 0.1) is 5.69 Å². The quantitative estimate of drug-likeness (QED) is 0.250. The van der Waals surface area contributed by atoms with E-state index < -0.39 is 15.9 Å². The summed E-state index contributed by atoms with van der Waals surface area (Å²) >= 11 is 23.1. The smallest absolute Gasteiger partial charge is 0.252 e. The Morgan fingerprint density at radius 3 is 2.19 bits per heavy atom. The Bertz CT molecular complexity index is 751. The Morgan fingerprint density at radius 1 is 1.00 bits per heavy atom. The maximum absolute atomic E-state index is 12.4. The Hall–Kier alpha value is -1.73. The van der Waals surface area contributed by atoms with Crippen LogP contribution < -0.4 is 21.5 Å². The van der Waals surface area contributed by atoms with Gasteiger partial charge in [0.1, 0.15) is 6.17 Å². The molecule has 0 radical (unpaired) electrons. The van der Waals surface area contributed by atoms with Gasteiger partial charge in [0, 0.05) is 5.56 Å². The Labute approximate surface area is 172 Å². The standard InChI is InChI=1S/C17H17Cl3N4OS/c1-11-7-9-12(10-8-11)14(25)21-15(17(18,19)20)22-16(26)24-23-13-5-3-2-4-6-13/h2-10,15,23H,1H3,(H,21,25)(H2,22,24,26)/t15-/m0/s1. The summed E-state index contributed by atoms with van der Waals surface area (Å²) in [6.07, 6.45) is -1.04. The minimum absolute atomic E-state index is 0.148. The molecule has 0 bridgehead atoms. The van der Waals surface area contributed by atoms with Crippen LogP contribution in [0.3, 0.4) is 0 Å². The fraction of sp³-hybridized carbons (Fsp3) is 0.176. The minimum Gasteiger partial charge on any atom is -0.338 e. The molecule has 0 aliphatic heterocycles. The molecule has 0 heterocycles. The van der Waals surface area contributed by atoms with Crippen molar-refractivity contribution < 1.29 is 4.79 Å². The van der Waals surface area contributed by atoms with Crippen molar-refractivity contribution in [3.63, 3.8) is 0 Å². The van der Waals surface area contributed by atoms with Crippen LogP contribution in [0, 0.1) is 6.92 Å². The van der Waals surface area contributed by atoms with E-state index in [2.05, 4.69) is 21.5 Å². The Balaban J connectivity index is 1.97. The van der Waals surface area contributed by atoms with Gasteiger partial charge in [0.25, 0.3) is 5.91 Å². The van der Waals surface area contributed by atoms with Gasteiger partial charge >= 0.3 is 0 Å². The fourth-order valence-corrected chi connectivity index (χ4v) is 2.43. The van der Waals surface area contributed by atoms with E-state index in [-0.39, 0.29) is 5.11 Å². The molecule has 9 heteroatoms. The second-order valence-electron chi connectivity index (χ2n) is 5.40. The largest absolute Gasteiger partial charge is 0.338 e. The van der Waals surface area contributed by atoms with Crippen LogP contribution in [0.15, 0.2) is 54.6 Å². The molecule has 1 amide bonds. The van der Waals surface area contributed by atoms with Gasteiger partial charge in [-0.1, -0.05) is 70.7 Å². The lowest BCUT2D eigenvalue weighted by molar-refractivity contribution is 0.0934. The number of thiocarbonyl (C=S) groups is 1. The summed E-state index contributed by atoms with van der Waals surface area (Å²) in [6, 6.07) is 16.3. The highest BCUT2D eigenvalue weighted by Gasteiger charge is 2.34. The Kier molecular flexibility index (Phi) is 7.34. The van der Waals surface area contributed by atoms with E-state index in [1.807, 2.05) is 49.4 Å². The molecule has 4 N–H and O–H groups in total. The third kappa shape index (κ3) is 6.53. The average molecular weight is 432 g/mol. The normalized spacial score (nSPS) is 12.0. The predicted molar refractivity (Wildman–Crippen MR) is 112 cm³/mol. The number of benzene rings is 2. The van der Waals surface area contributed by atoms with E-state index in [9.17, 15) is 4.79 Å². The first-order chi connectivity index (χ1) is 12.3. The number of nitrogens with one attached hydrogen (secondary N) is 4. The molecule has 138 valence electrons. The summed E-state index contributed by atoms with van der Waals surface area (Å²) in [4.78, 5) is 12.4. The molecule has 0 saturated carbocycles. The van der Waals surface area contributed by atoms with Crippen LogP contribution in [-0.4, -0.2) is 21.0 Å². The first-order valence-corrected chi connectivity index (χ1v) is 9.12. The van der Waals surface area contributed by atoms with E-state index in [0.29, 0.717) is 5.56 Å². The molecule has 0 spiro atoms. The highest BCUT2D eigenvalue weighted by atomic mass is 35.6. The van der Waals surface area contributed by atoms with Crippen molar-refractivity contribution >= 4 is 63.7 Å². The van der Waals surface area contributed by atoms with Gasteiger partial charge in [-0.05, 0) is 43.4 Å². The third-order valence-electron chi connectivity index (χ3n) is 3.29. The molecular weight excluding hydrogens is 415 g/mol. The van der Waals surface area contributed by atoms with Gasteiger partial charge in [-0.15, -0.1) is 0 Å². The summed E-state index contributed by atoms with van der Waals surface area (Å²) in [7, 11) is 0. The van der Waals surface area contributed by atoms with Crippen molar-refractivity contribution in [2.24, 2.45) is 0 Å². The average Bonchev–Trinajstić information content (AvgIpc) is 2.60. The number of alkyl halides is 3. The number of hydrazine groups is 1. The molecule has 2 rings (SSSR count). The molecule has 0 saturated heterocycles. The topological polar surface area (TPSA) is 65.2 Å². The molecule has 0 unspecified atom stereocenters. The number of carbonyl (C=O) groups is 1. The highest BCUT2D eigenvalue weighted by molar-refractivity contribution is 7.80. The van der Waals surface area contributed by atoms with E-state index in [1.165, 1.54) is 0 Å². The van der Waals surface area contributed by atoms with E-state index in [4.69, 9.17) is 47.0 Å². The number of para-hydroxylation sites is 1. The van der Waals surface area contributed by atoms with Crippen molar-refractivity contribution in [2.45, 2.75) is 16.9 Å². The van der Waals surface area contributed by atoms with Crippen LogP contribution in [0.5, 0.6) is 0 Å². The maximum Gasteiger partial charge on any atom is 0.252 e. The monoisotopic (exact) mass is 430 g/mol. The Morgan fingerprint density at radius 2 is 1.62 bits per heavy atom. The molecule has 2 aromatic rings. The molecule has 5 nitrogen and oxygen atoms in total. The summed E-state index contributed by atoms with van der Waals surface area (Å²) < 4.78 is -1.82. The van der Waals surface area contributed by atoms with Crippen molar-refractivity contribution in [1.29, 1.82) is 0 Å². The summed E-state index contributed by atoms with van der Waals surface area (Å²) in [6.45, 7) is 1.93. The van der Waals surface area contributed by atoms with Crippen molar-refractivity contribution in [3.05, 3.63) is 65.7 Å². The molecule has 0 aliphatic rings. The van der Waals surface area contributed by atoms with Crippen LogP contribution in [0.2, 0.25) is 0 Å². The first-order valence-electron chi connectivity index (χ1n) is 7.57. The predicted octanol–water partition coefficient (Wildman–Crippen LogP) is 3.91. The summed E-state index contributed by atoms with van der Waals surface area (Å²) in [5.41, 5.74) is 7.94. The number of anilines is 1. The van der Waals surface area contributed by atoms with Crippen molar-refractivity contribution in [1.82, 2.24) is 16.1 Å². The number of carbonyl (C=O) groups excluding carboxylic acids is 1. The second-order valence-corrected chi connectivity index (χ2v) is 8.18. The second kappa shape index (κ2) is 9.28. The molecule has 26 heavy (non-hydrogen) atoms. The van der Waals surface area contributed by atoms with Gasteiger partial charge in [-0.25, -0.2) is 0 Å². The van der Waals surface area contributed by atoms with E-state index in [0.717, 1.165) is 11.3 Å². The lowest BCUT2D eigenvalue weighted by Crippen LogP contribution is -2.57. The molecule has 0 fully saturated rings. The molecule has 1 atom stereocenters. The number of rotatable bonds is 5. The number of hydrogen-bond acceptors (Lipinski definition) is 3. The van der Waals surface area contributed by atoms with Gasteiger partial charge in [-0.3, -0.25) is 15.6 Å². The zero-order valence-electron chi connectivity index (χ0n) is 13.7. The van der Waals surface area contributed by atoms with Crippen LogP contribution >= 0.6 is 47.0 Å². The van der Waals surface area contributed by atoms with Gasteiger partial charge in [0.2, 0.25) is 3.79 Å². The van der Waals surface area contributed by atoms with Gasteiger partial charge in [-0.2, -0.15) is 0 Å².